The Kier molecular flexibility index (Phi) is 2.89. The number of hydrogen-bond donors (Lipinski definition) is 0. The van der Waals surface area contributed by atoms with E-state index in [9.17, 15) is 4.39 Å². The molecule has 0 saturated carbocycles. The Hall–Kier alpha value is -3.08. The van der Waals surface area contributed by atoms with Crippen LogP contribution >= 0.6 is 0 Å². The van der Waals surface area contributed by atoms with Gasteiger partial charge in [-0.3, -0.25) is 0 Å². The highest BCUT2D eigenvalue weighted by molar-refractivity contribution is 5.80. The van der Waals surface area contributed by atoms with E-state index in [1.165, 1.54) is 12.1 Å². The van der Waals surface area contributed by atoms with Gasteiger partial charge in [0.25, 0.3) is 0 Å². The summed E-state index contributed by atoms with van der Waals surface area (Å²) in [6, 6.07) is 18.2. The molecule has 0 aliphatic rings. The molecular formula is C17H11FN4. The van der Waals surface area contributed by atoms with Crippen molar-refractivity contribution in [3.05, 3.63) is 72.8 Å². The minimum absolute atomic E-state index is 0.266. The lowest BCUT2D eigenvalue weighted by atomic mass is 10.0. The van der Waals surface area contributed by atoms with Crippen molar-refractivity contribution in [3.8, 4) is 22.4 Å². The molecular weight excluding hydrogens is 279 g/mol. The maximum atomic E-state index is 13.1. The topological polar surface area (TPSA) is 43.1 Å². The minimum Gasteiger partial charge on any atom is -0.207 e. The first-order chi connectivity index (χ1) is 10.8. The third-order valence-corrected chi connectivity index (χ3v) is 3.49. The van der Waals surface area contributed by atoms with E-state index < -0.39 is 0 Å². The molecule has 0 unspecified atom stereocenters. The number of fused-ring (bicyclic) bond motifs is 1. The molecule has 106 valence electrons. The van der Waals surface area contributed by atoms with Crippen LogP contribution in [0.2, 0.25) is 0 Å². The highest BCUT2D eigenvalue weighted by Crippen LogP contribution is 2.27. The number of halogens is 1. The summed E-state index contributed by atoms with van der Waals surface area (Å²) in [5.74, 6) is -0.266. The van der Waals surface area contributed by atoms with Crippen LogP contribution in [0, 0.1) is 5.82 Å². The molecule has 0 N–H and O–H groups in total. The van der Waals surface area contributed by atoms with Crippen LogP contribution in [-0.2, 0) is 0 Å². The van der Waals surface area contributed by atoms with Crippen molar-refractivity contribution >= 4 is 5.65 Å². The van der Waals surface area contributed by atoms with E-state index in [1.54, 1.807) is 23.0 Å². The molecule has 0 radical (unpaired) electrons. The monoisotopic (exact) mass is 290 g/mol. The summed E-state index contributed by atoms with van der Waals surface area (Å²) in [4.78, 5) is 0. The molecule has 0 aliphatic carbocycles. The Balaban J connectivity index is 1.96. The fourth-order valence-electron chi connectivity index (χ4n) is 2.42. The third-order valence-electron chi connectivity index (χ3n) is 3.49. The van der Waals surface area contributed by atoms with E-state index >= 15 is 0 Å². The molecule has 0 atom stereocenters. The molecule has 0 saturated heterocycles. The predicted octanol–water partition coefficient (Wildman–Crippen LogP) is 3.60. The maximum Gasteiger partial charge on any atom is 0.185 e. The lowest BCUT2D eigenvalue weighted by molar-refractivity contribution is 0.628. The highest BCUT2D eigenvalue weighted by atomic mass is 19.1. The van der Waals surface area contributed by atoms with Gasteiger partial charge >= 0.3 is 0 Å². The molecule has 4 nitrogen and oxygen atoms in total. The van der Waals surface area contributed by atoms with Gasteiger partial charge in [0.05, 0.1) is 5.69 Å². The Labute approximate surface area is 125 Å². The summed E-state index contributed by atoms with van der Waals surface area (Å²) >= 11 is 0. The van der Waals surface area contributed by atoms with Crippen molar-refractivity contribution in [1.82, 2.24) is 19.8 Å². The van der Waals surface area contributed by atoms with Gasteiger partial charge in [-0.1, -0.05) is 30.3 Å². The van der Waals surface area contributed by atoms with Crippen molar-refractivity contribution in [2.75, 3.05) is 0 Å². The van der Waals surface area contributed by atoms with Gasteiger partial charge in [0.2, 0.25) is 0 Å². The van der Waals surface area contributed by atoms with E-state index in [0.29, 0.717) is 5.65 Å². The fraction of sp³-hybridized carbons (Fsp3) is 0. The van der Waals surface area contributed by atoms with E-state index in [1.807, 2.05) is 36.4 Å². The summed E-state index contributed by atoms with van der Waals surface area (Å²) in [5.41, 5.74) is 4.25. The molecule has 0 amide bonds. The van der Waals surface area contributed by atoms with Crippen molar-refractivity contribution in [2.45, 2.75) is 0 Å². The molecule has 0 fully saturated rings. The van der Waals surface area contributed by atoms with Crippen molar-refractivity contribution in [1.29, 1.82) is 0 Å². The fourth-order valence-corrected chi connectivity index (χ4v) is 2.42. The summed E-state index contributed by atoms with van der Waals surface area (Å²) in [6.07, 6.45) is 1.56. The molecule has 2 heterocycles. The van der Waals surface area contributed by atoms with E-state index in [0.717, 1.165) is 22.4 Å². The summed E-state index contributed by atoms with van der Waals surface area (Å²) < 4.78 is 14.7. The van der Waals surface area contributed by atoms with Crippen molar-refractivity contribution in [2.24, 2.45) is 0 Å². The molecule has 0 bridgehead atoms. The first-order valence-corrected chi connectivity index (χ1v) is 6.84. The van der Waals surface area contributed by atoms with Crippen LogP contribution in [0.1, 0.15) is 0 Å². The largest absolute Gasteiger partial charge is 0.207 e. The van der Waals surface area contributed by atoms with E-state index in [2.05, 4.69) is 15.3 Å². The molecule has 4 aromatic rings. The van der Waals surface area contributed by atoms with Crippen LogP contribution in [0.25, 0.3) is 28.0 Å². The molecule has 2 aromatic heterocycles. The number of hydrogen-bond acceptors (Lipinski definition) is 3. The molecule has 0 spiro atoms. The van der Waals surface area contributed by atoms with Gasteiger partial charge in [-0.2, -0.15) is 9.61 Å². The van der Waals surface area contributed by atoms with Crippen LogP contribution < -0.4 is 0 Å². The molecule has 4 rings (SSSR count). The Bertz CT molecular complexity index is 930. The van der Waals surface area contributed by atoms with Gasteiger partial charge in [0.15, 0.2) is 5.65 Å². The van der Waals surface area contributed by atoms with Gasteiger partial charge < -0.3 is 0 Å². The van der Waals surface area contributed by atoms with Crippen molar-refractivity contribution < 1.29 is 4.39 Å². The molecule has 5 heteroatoms. The van der Waals surface area contributed by atoms with Gasteiger partial charge in [-0.05, 0) is 35.9 Å². The summed E-state index contributed by atoms with van der Waals surface area (Å²) in [7, 11) is 0. The number of nitrogens with zero attached hydrogens (tertiary/aromatic N) is 4. The zero-order chi connectivity index (χ0) is 14.9. The second-order valence-corrected chi connectivity index (χ2v) is 4.92. The average Bonchev–Trinajstić information content (AvgIpc) is 3.04. The zero-order valence-corrected chi connectivity index (χ0v) is 11.5. The Morgan fingerprint density at radius 1 is 0.864 bits per heavy atom. The number of aromatic nitrogens is 4. The van der Waals surface area contributed by atoms with Crippen LogP contribution in [0.3, 0.4) is 0 Å². The van der Waals surface area contributed by atoms with Gasteiger partial charge in [0, 0.05) is 11.1 Å². The quantitative estimate of drug-likeness (QED) is 0.566. The normalized spacial score (nSPS) is 11.0. The Morgan fingerprint density at radius 2 is 1.64 bits per heavy atom. The van der Waals surface area contributed by atoms with Gasteiger partial charge in [-0.25, -0.2) is 4.39 Å². The minimum atomic E-state index is -0.266. The van der Waals surface area contributed by atoms with E-state index in [-0.39, 0.29) is 5.82 Å². The Morgan fingerprint density at radius 3 is 2.41 bits per heavy atom. The second kappa shape index (κ2) is 5.04. The second-order valence-electron chi connectivity index (χ2n) is 4.92. The summed E-state index contributed by atoms with van der Waals surface area (Å²) in [6.45, 7) is 0. The SMILES string of the molecule is Fc1ccc(-c2cc(-c3ccccc3)c3nncn3n2)cc1. The van der Waals surface area contributed by atoms with Crippen LogP contribution in [0.4, 0.5) is 4.39 Å². The predicted molar refractivity (Wildman–Crippen MR) is 81.6 cm³/mol. The third kappa shape index (κ3) is 2.13. The maximum absolute atomic E-state index is 13.1. The van der Waals surface area contributed by atoms with Crippen molar-refractivity contribution in [3.63, 3.8) is 0 Å². The smallest absolute Gasteiger partial charge is 0.185 e. The van der Waals surface area contributed by atoms with Crippen LogP contribution in [-0.4, -0.2) is 19.8 Å². The van der Waals surface area contributed by atoms with Gasteiger partial charge in [0.1, 0.15) is 12.1 Å². The van der Waals surface area contributed by atoms with Crippen LogP contribution in [0.15, 0.2) is 67.0 Å². The highest BCUT2D eigenvalue weighted by Gasteiger charge is 2.11. The standard InChI is InChI=1S/C17H11FN4/c18-14-8-6-13(7-9-14)16-10-15(12-4-2-1-3-5-12)17-20-19-11-22(17)21-16/h1-11H. The summed E-state index contributed by atoms with van der Waals surface area (Å²) in [5, 5.41) is 12.6. The van der Waals surface area contributed by atoms with E-state index in [4.69, 9.17) is 0 Å². The van der Waals surface area contributed by atoms with Gasteiger partial charge in [-0.15, -0.1) is 10.2 Å². The first kappa shape index (κ1) is 12.6. The lowest BCUT2D eigenvalue weighted by Gasteiger charge is -2.07. The molecule has 22 heavy (non-hydrogen) atoms. The molecule has 2 aromatic carbocycles. The average molecular weight is 290 g/mol. The zero-order valence-electron chi connectivity index (χ0n) is 11.5. The molecule has 0 aliphatic heterocycles. The lowest BCUT2D eigenvalue weighted by Crippen LogP contribution is -1.96. The number of rotatable bonds is 2. The first-order valence-electron chi connectivity index (χ1n) is 6.84. The van der Waals surface area contributed by atoms with Crippen LogP contribution in [0.5, 0.6) is 0 Å². The number of benzene rings is 2.